The van der Waals surface area contributed by atoms with Gasteiger partial charge in [0.25, 0.3) is 0 Å². The van der Waals surface area contributed by atoms with Gasteiger partial charge in [-0.25, -0.2) is 4.98 Å². The number of nitrogens with one attached hydrogen (secondary N) is 1. The largest absolute Gasteiger partial charge is 0.309 e. The lowest BCUT2D eigenvalue weighted by Crippen LogP contribution is -2.26. The molecule has 1 N–H and O–H groups in total. The molecule has 0 amide bonds. The van der Waals surface area contributed by atoms with Gasteiger partial charge in [0, 0.05) is 5.38 Å². The second-order valence-electron chi connectivity index (χ2n) is 2.92. The first-order valence-electron chi connectivity index (χ1n) is 4.08. The van der Waals surface area contributed by atoms with E-state index in [0.29, 0.717) is 6.04 Å². The second kappa shape index (κ2) is 4.80. The van der Waals surface area contributed by atoms with Crippen LogP contribution in [0.5, 0.6) is 0 Å². The first-order chi connectivity index (χ1) is 5.47. The number of aromatic nitrogens is 1. The third kappa shape index (κ3) is 2.19. The van der Waals surface area contributed by atoms with Crippen molar-refractivity contribution in [2.24, 2.45) is 0 Å². The number of rotatable bonds is 1. The van der Waals surface area contributed by atoms with Crippen molar-refractivity contribution in [1.29, 1.82) is 0 Å². The number of nitrogens with zero attached hydrogens (tertiary/aromatic N) is 1. The van der Waals surface area contributed by atoms with Crippen molar-refractivity contribution in [1.82, 2.24) is 10.3 Å². The van der Waals surface area contributed by atoms with Crippen LogP contribution in [-0.4, -0.2) is 11.5 Å². The Labute approximate surface area is 82.8 Å². The van der Waals surface area contributed by atoms with Crippen LogP contribution in [0.15, 0.2) is 10.9 Å². The molecular formula is C8H13ClN2S. The maximum absolute atomic E-state index is 4.30. The highest BCUT2D eigenvalue weighted by atomic mass is 35.5. The van der Waals surface area contributed by atoms with Crippen molar-refractivity contribution in [3.63, 3.8) is 0 Å². The summed E-state index contributed by atoms with van der Waals surface area (Å²) in [6.45, 7) is 1.15. The number of thiazole rings is 1. The minimum Gasteiger partial charge on any atom is -0.309 e. The lowest BCUT2D eigenvalue weighted by Gasteiger charge is -2.21. The van der Waals surface area contributed by atoms with Gasteiger partial charge in [-0.15, -0.1) is 23.7 Å². The van der Waals surface area contributed by atoms with Gasteiger partial charge in [0.2, 0.25) is 0 Å². The molecule has 2 rings (SSSR count). The predicted molar refractivity (Wildman–Crippen MR) is 54.0 cm³/mol. The Morgan fingerprint density at radius 1 is 1.50 bits per heavy atom. The van der Waals surface area contributed by atoms with Gasteiger partial charge in [-0.3, -0.25) is 0 Å². The normalized spacial score (nSPS) is 23.2. The average molecular weight is 205 g/mol. The van der Waals surface area contributed by atoms with E-state index in [2.05, 4.69) is 15.7 Å². The molecule has 12 heavy (non-hydrogen) atoms. The molecule has 0 saturated carbocycles. The van der Waals surface area contributed by atoms with Gasteiger partial charge in [0.05, 0.1) is 17.2 Å². The Hall–Kier alpha value is -0.120. The Bertz CT molecular complexity index is 207. The minimum atomic E-state index is 0. The summed E-state index contributed by atoms with van der Waals surface area (Å²) in [6, 6.07) is 0.537. The lowest BCUT2D eigenvalue weighted by atomic mass is 10.0. The molecule has 4 heteroatoms. The Kier molecular flexibility index (Phi) is 3.98. The van der Waals surface area contributed by atoms with Crippen molar-refractivity contribution in [3.05, 3.63) is 16.6 Å². The molecule has 68 valence electrons. The van der Waals surface area contributed by atoms with E-state index in [0.717, 1.165) is 6.54 Å². The molecule has 1 aromatic heterocycles. The molecule has 0 unspecified atom stereocenters. The molecule has 1 atom stereocenters. The summed E-state index contributed by atoms with van der Waals surface area (Å²) in [5.74, 6) is 0. The zero-order valence-electron chi connectivity index (χ0n) is 6.82. The fraction of sp³-hybridized carbons (Fsp3) is 0.625. The lowest BCUT2D eigenvalue weighted by molar-refractivity contribution is 0.406. The van der Waals surface area contributed by atoms with E-state index in [-0.39, 0.29) is 12.4 Å². The number of piperidine rings is 1. The van der Waals surface area contributed by atoms with Crippen LogP contribution in [0.1, 0.15) is 31.0 Å². The van der Waals surface area contributed by atoms with E-state index in [1.54, 1.807) is 11.3 Å². The summed E-state index contributed by atoms with van der Waals surface area (Å²) < 4.78 is 0. The number of hydrogen-bond acceptors (Lipinski definition) is 3. The van der Waals surface area contributed by atoms with Gasteiger partial charge in [0.15, 0.2) is 0 Å². The van der Waals surface area contributed by atoms with Crippen LogP contribution in [0, 0.1) is 0 Å². The summed E-state index contributed by atoms with van der Waals surface area (Å²) in [5.41, 5.74) is 3.14. The summed E-state index contributed by atoms with van der Waals surface area (Å²) in [6.07, 6.45) is 3.92. The van der Waals surface area contributed by atoms with Gasteiger partial charge < -0.3 is 5.32 Å². The molecule has 1 aliphatic rings. The quantitative estimate of drug-likeness (QED) is 0.760. The molecule has 0 aromatic carbocycles. The predicted octanol–water partition coefficient (Wildman–Crippen LogP) is 2.38. The van der Waals surface area contributed by atoms with Gasteiger partial charge in [-0.1, -0.05) is 6.42 Å². The first-order valence-corrected chi connectivity index (χ1v) is 5.02. The topological polar surface area (TPSA) is 24.9 Å². The van der Waals surface area contributed by atoms with E-state index in [1.165, 1.54) is 25.0 Å². The second-order valence-corrected chi connectivity index (χ2v) is 3.63. The highest BCUT2D eigenvalue weighted by molar-refractivity contribution is 7.07. The van der Waals surface area contributed by atoms with Gasteiger partial charge in [0.1, 0.15) is 0 Å². The highest BCUT2D eigenvalue weighted by Crippen LogP contribution is 2.21. The Balaban J connectivity index is 0.000000720. The molecule has 1 fully saturated rings. The zero-order valence-corrected chi connectivity index (χ0v) is 8.46. The molecule has 2 nitrogen and oxygen atoms in total. The third-order valence-electron chi connectivity index (χ3n) is 2.12. The van der Waals surface area contributed by atoms with Crippen LogP contribution in [0.2, 0.25) is 0 Å². The smallest absolute Gasteiger partial charge is 0.0795 e. The molecule has 2 heterocycles. The van der Waals surface area contributed by atoms with Crippen LogP contribution in [0.4, 0.5) is 0 Å². The van der Waals surface area contributed by atoms with Crippen LogP contribution in [0.25, 0.3) is 0 Å². The van der Waals surface area contributed by atoms with Crippen LogP contribution in [-0.2, 0) is 0 Å². The molecule has 0 radical (unpaired) electrons. The van der Waals surface area contributed by atoms with E-state index in [1.807, 2.05) is 5.51 Å². The Morgan fingerprint density at radius 2 is 2.42 bits per heavy atom. The van der Waals surface area contributed by atoms with Crippen molar-refractivity contribution in [2.75, 3.05) is 6.54 Å². The first kappa shape index (κ1) is 9.96. The average Bonchev–Trinajstić information content (AvgIpc) is 2.58. The van der Waals surface area contributed by atoms with E-state index < -0.39 is 0 Å². The standard InChI is InChI=1S/C8H12N2S.ClH/c1-2-4-9-7(3-1)8-5-11-6-10-8;/h5-7,9H,1-4H2;1H/t7-;/m0./s1. The van der Waals surface area contributed by atoms with Crippen molar-refractivity contribution in [3.8, 4) is 0 Å². The number of halogens is 1. The van der Waals surface area contributed by atoms with Gasteiger partial charge in [-0.2, -0.15) is 0 Å². The summed E-state index contributed by atoms with van der Waals surface area (Å²) >= 11 is 1.68. The maximum atomic E-state index is 4.30. The molecule has 0 bridgehead atoms. The maximum Gasteiger partial charge on any atom is 0.0795 e. The summed E-state index contributed by atoms with van der Waals surface area (Å²) in [7, 11) is 0. The number of hydrogen-bond donors (Lipinski definition) is 1. The third-order valence-corrected chi connectivity index (χ3v) is 2.72. The van der Waals surface area contributed by atoms with Gasteiger partial charge in [-0.05, 0) is 19.4 Å². The fourth-order valence-electron chi connectivity index (χ4n) is 1.50. The fourth-order valence-corrected chi connectivity index (χ4v) is 2.11. The van der Waals surface area contributed by atoms with E-state index in [9.17, 15) is 0 Å². The molecule has 0 spiro atoms. The van der Waals surface area contributed by atoms with E-state index in [4.69, 9.17) is 0 Å². The molecule has 1 aliphatic heterocycles. The van der Waals surface area contributed by atoms with Crippen LogP contribution < -0.4 is 5.32 Å². The minimum absolute atomic E-state index is 0. The van der Waals surface area contributed by atoms with Crippen LogP contribution in [0.3, 0.4) is 0 Å². The highest BCUT2D eigenvalue weighted by Gasteiger charge is 2.15. The molecular weight excluding hydrogens is 192 g/mol. The molecule has 0 aliphatic carbocycles. The van der Waals surface area contributed by atoms with Crippen molar-refractivity contribution < 1.29 is 0 Å². The van der Waals surface area contributed by atoms with Crippen LogP contribution >= 0.6 is 23.7 Å². The molecule has 1 aromatic rings. The monoisotopic (exact) mass is 204 g/mol. The van der Waals surface area contributed by atoms with E-state index >= 15 is 0 Å². The summed E-state index contributed by atoms with van der Waals surface area (Å²) in [4.78, 5) is 4.30. The zero-order chi connectivity index (χ0) is 7.52. The summed E-state index contributed by atoms with van der Waals surface area (Å²) in [5, 5.41) is 5.61. The Morgan fingerprint density at radius 3 is 3.00 bits per heavy atom. The van der Waals surface area contributed by atoms with Crippen molar-refractivity contribution in [2.45, 2.75) is 25.3 Å². The van der Waals surface area contributed by atoms with Gasteiger partial charge >= 0.3 is 0 Å². The molecule has 1 saturated heterocycles. The SMILES string of the molecule is Cl.c1nc([C@@H]2CCCCN2)cs1. The van der Waals surface area contributed by atoms with Crippen molar-refractivity contribution >= 4 is 23.7 Å².